The number of hydrogen-bond donors (Lipinski definition) is 0. The van der Waals surface area contributed by atoms with Crippen LogP contribution < -0.4 is 0 Å². The summed E-state index contributed by atoms with van der Waals surface area (Å²) in [5, 5.41) is 0. The standard InChI is InChI=1S/C19H28O8/c1-5-6-7-8-9-10-11-23-19-18(27-15(4)22)17(26-14(3)21)16(12-24-19)25-13(2)20/h5,9-10,16-19H,1,6-8,11-12H2,2-4H3/b10-9+/t16-,17+,18-,19+/m1/s1. The highest BCUT2D eigenvalue weighted by Crippen LogP contribution is 2.25. The lowest BCUT2D eigenvalue weighted by Gasteiger charge is -2.40. The van der Waals surface area contributed by atoms with Gasteiger partial charge in [-0.1, -0.05) is 18.2 Å². The predicted octanol–water partition coefficient (Wildman–Crippen LogP) is 2.07. The average molecular weight is 384 g/mol. The van der Waals surface area contributed by atoms with Crippen molar-refractivity contribution in [2.24, 2.45) is 0 Å². The number of unbranched alkanes of at least 4 members (excludes halogenated alkanes) is 2. The summed E-state index contributed by atoms with van der Waals surface area (Å²) in [6, 6.07) is 0. The van der Waals surface area contributed by atoms with E-state index in [9.17, 15) is 14.4 Å². The third kappa shape index (κ3) is 8.83. The van der Waals surface area contributed by atoms with Crippen molar-refractivity contribution in [3.8, 4) is 0 Å². The maximum atomic E-state index is 11.5. The Balaban J connectivity index is 2.77. The van der Waals surface area contributed by atoms with Gasteiger partial charge >= 0.3 is 17.9 Å². The second-order valence-corrected chi connectivity index (χ2v) is 6.02. The summed E-state index contributed by atoms with van der Waals surface area (Å²) in [7, 11) is 0. The van der Waals surface area contributed by atoms with Crippen LogP contribution in [0.15, 0.2) is 24.8 Å². The van der Waals surface area contributed by atoms with Gasteiger partial charge in [-0.25, -0.2) is 0 Å². The van der Waals surface area contributed by atoms with Gasteiger partial charge in [0.1, 0.15) is 0 Å². The molecule has 0 aromatic rings. The summed E-state index contributed by atoms with van der Waals surface area (Å²) >= 11 is 0. The molecule has 1 heterocycles. The zero-order valence-electron chi connectivity index (χ0n) is 16.1. The fourth-order valence-electron chi connectivity index (χ4n) is 2.57. The van der Waals surface area contributed by atoms with Crippen molar-refractivity contribution in [1.82, 2.24) is 0 Å². The highest BCUT2D eigenvalue weighted by Gasteiger charge is 2.47. The van der Waals surface area contributed by atoms with Gasteiger partial charge in [-0.3, -0.25) is 14.4 Å². The van der Waals surface area contributed by atoms with Gasteiger partial charge in [0.15, 0.2) is 24.6 Å². The van der Waals surface area contributed by atoms with E-state index in [-0.39, 0.29) is 13.2 Å². The predicted molar refractivity (Wildman–Crippen MR) is 95.5 cm³/mol. The molecule has 1 rings (SSSR count). The number of carbonyl (C=O) groups excluding carboxylic acids is 3. The fourth-order valence-corrected chi connectivity index (χ4v) is 2.57. The van der Waals surface area contributed by atoms with Crippen LogP contribution in [0.25, 0.3) is 0 Å². The van der Waals surface area contributed by atoms with Crippen LogP contribution in [0.3, 0.4) is 0 Å². The van der Waals surface area contributed by atoms with E-state index in [0.29, 0.717) is 0 Å². The maximum Gasteiger partial charge on any atom is 0.303 e. The largest absolute Gasteiger partial charge is 0.456 e. The highest BCUT2D eigenvalue weighted by atomic mass is 16.7. The Labute approximate surface area is 159 Å². The van der Waals surface area contributed by atoms with Crippen LogP contribution in [-0.2, 0) is 38.1 Å². The first kappa shape index (κ1) is 22.9. The minimum Gasteiger partial charge on any atom is -0.456 e. The van der Waals surface area contributed by atoms with E-state index in [1.165, 1.54) is 20.8 Å². The third-order valence-electron chi connectivity index (χ3n) is 3.61. The lowest BCUT2D eigenvalue weighted by atomic mass is 10.0. The molecule has 1 aliphatic rings. The van der Waals surface area contributed by atoms with Gasteiger partial charge in [0.2, 0.25) is 0 Å². The molecule has 0 radical (unpaired) electrons. The number of allylic oxidation sites excluding steroid dienone is 2. The monoisotopic (exact) mass is 384 g/mol. The zero-order valence-corrected chi connectivity index (χ0v) is 16.1. The molecule has 1 aliphatic heterocycles. The van der Waals surface area contributed by atoms with Crippen molar-refractivity contribution in [1.29, 1.82) is 0 Å². The number of esters is 3. The maximum absolute atomic E-state index is 11.5. The van der Waals surface area contributed by atoms with E-state index in [0.717, 1.165) is 19.3 Å². The smallest absolute Gasteiger partial charge is 0.303 e. The molecule has 27 heavy (non-hydrogen) atoms. The first-order valence-electron chi connectivity index (χ1n) is 8.86. The summed E-state index contributed by atoms with van der Waals surface area (Å²) in [5.41, 5.74) is 0. The Morgan fingerprint density at radius 1 is 0.963 bits per heavy atom. The molecule has 0 spiro atoms. The molecule has 0 saturated carbocycles. The first-order chi connectivity index (χ1) is 12.8. The Bertz CT molecular complexity index is 542. The molecule has 1 fully saturated rings. The average Bonchev–Trinajstić information content (AvgIpc) is 2.57. The molecule has 8 heteroatoms. The van der Waals surface area contributed by atoms with Crippen LogP contribution in [-0.4, -0.2) is 55.7 Å². The van der Waals surface area contributed by atoms with E-state index >= 15 is 0 Å². The molecular weight excluding hydrogens is 356 g/mol. The minimum atomic E-state index is -1.06. The Kier molecular flexibility index (Phi) is 10.4. The Morgan fingerprint density at radius 3 is 2.19 bits per heavy atom. The van der Waals surface area contributed by atoms with E-state index < -0.39 is 42.5 Å². The molecule has 4 atom stereocenters. The number of carbonyl (C=O) groups is 3. The van der Waals surface area contributed by atoms with Gasteiger partial charge in [0.05, 0.1) is 13.2 Å². The highest BCUT2D eigenvalue weighted by molar-refractivity contribution is 5.68. The second-order valence-electron chi connectivity index (χ2n) is 6.02. The Morgan fingerprint density at radius 2 is 1.59 bits per heavy atom. The lowest BCUT2D eigenvalue weighted by Crippen LogP contribution is -2.58. The summed E-state index contributed by atoms with van der Waals surface area (Å²) in [6.45, 7) is 7.50. The van der Waals surface area contributed by atoms with E-state index in [1.807, 2.05) is 18.2 Å². The van der Waals surface area contributed by atoms with Gasteiger partial charge in [0, 0.05) is 20.8 Å². The SMILES string of the molecule is C=CCCC/C=C/CO[C@H]1OC[C@@H](OC(C)=O)[C@H](OC(C)=O)[C@H]1OC(C)=O. The van der Waals surface area contributed by atoms with Crippen molar-refractivity contribution >= 4 is 17.9 Å². The molecule has 0 aromatic heterocycles. The number of rotatable bonds is 10. The van der Waals surface area contributed by atoms with Crippen LogP contribution in [0.4, 0.5) is 0 Å². The Hall–Kier alpha value is -2.19. The second kappa shape index (κ2) is 12.2. The molecular formula is C19H28O8. The molecule has 0 aromatic carbocycles. The molecule has 0 amide bonds. The summed E-state index contributed by atoms with van der Waals surface area (Å²) in [5.74, 6) is -1.76. The van der Waals surface area contributed by atoms with Crippen LogP contribution in [0.1, 0.15) is 40.0 Å². The molecule has 0 bridgehead atoms. The van der Waals surface area contributed by atoms with Crippen molar-refractivity contribution in [3.63, 3.8) is 0 Å². The summed E-state index contributed by atoms with van der Waals surface area (Å²) in [4.78, 5) is 34.3. The minimum absolute atomic E-state index is 0.0526. The summed E-state index contributed by atoms with van der Waals surface area (Å²) in [6.07, 6.45) is 4.55. The van der Waals surface area contributed by atoms with Crippen LogP contribution in [0.5, 0.6) is 0 Å². The number of hydrogen-bond acceptors (Lipinski definition) is 8. The van der Waals surface area contributed by atoms with Gasteiger partial charge in [-0.2, -0.15) is 0 Å². The van der Waals surface area contributed by atoms with E-state index in [4.69, 9.17) is 23.7 Å². The van der Waals surface area contributed by atoms with Crippen molar-refractivity contribution < 1.29 is 38.1 Å². The fraction of sp³-hybridized carbons (Fsp3) is 0.632. The number of ether oxygens (including phenoxy) is 5. The summed E-state index contributed by atoms with van der Waals surface area (Å²) < 4.78 is 26.8. The van der Waals surface area contributed by atoms with E-state index in [1.54, 1.807) is 0 Å². The first-order valence-corrected chi connectivity index (χ1v) is 8.86. The molecule has 0 unspecified atom stereocenters. The third-order valence-corrected chi connectivity index (χ3v) is 3.61. The van der Waals surface area contributed by atoms with Crippen LogP contribution >= 0.6 is 0 Å². The molecule has 0 aliphatic carbocycles. The van der Waals surface area contributed by atoms with Crippen molar-refractivity contribution in [3.05, 3.63) is 24.8 Å². The zero-order chi connectivity index (χ0) is 20.2. The van der Waals surface area contributed by atoms with Gasteiger partial charge < -0.3 is 23.7 Å². The van der Waals surface area contributed by atoms with Gasteiger partial charge in [0.25, 0.3) is 0 Å². The molecule has 152 valence electrons. The molecule has 0 N–H and O–H groups in total. The normalized spacial score (nSPS) is 25.0. The quantitative estimate of drug-likeness (QED) is 0.244. The topological polar surface area (TPSA) is 97.4 Å². The van der Waals surface area contributed by atoms with Crippen LogP contribution in [0.2, 0.25) is 0 Å². The molecule has 8 nitrogen and oxygen atoms in total. The lowest BCUT2D eigenvalue weighted by molar-refractivity contribution is -0.278. The van der Waals surface area contributed by atoms with Crippen molar-refractivity contribution in [2.45, 2.75) is 64.6 Å². The molecule has 1 saturated heterocycles. The van der Waals surface area contributed by atoms with Crippen LogP contribution in [0, 0.1) is 0 Å². The van der Waals surface area contributed by atoms with Gasteiger partial charge in [-0.15, -0.1) is 6.58 Å². The van der Waals surface area contributed by atoms with Gasteiger partial charge in [-0.05, 0) is 19.3 Å². The van der Waals surface area contributed by atoms with Crippen molar-refractivity contribution in [2.75, 3.05) is 13.2 Å². The van der Waals surface area contributed by atoms with E-state index in [2.05, 4.69) is 6.58 Å².